The van der Waals surface area contributed by atoms with Crippen molar-refractivity contribution in [3.05, 3.63) is 28.1 Å². The number of ether oxygens (including phenoxy) is 1. The van der Waals surface area contributed by atoms with Crippen LogP contribution in [0.5, 0.6) is 0 Å². The first kappa shape index (κ1) is 17.1. The maximum atomic E-state index is 12.7. The van der Waals surface area contributed by atoms with Gasteiger partial charge in [0, 0.05) is 13.2 Å². The summed E-state index contributed by atoms with van der Waals surface area (Å²) in [7, 11) is 0. The molecule has 8 heteroatoms. The molecule has 6 nitrogen and oxygen atoms in total. The third-order valence-electron chi connectivity index (χ3n) is 4.05. The standard InChI is InChI=1S/C16H18N2O4S2/c1-10-13(24-15(17-10)11-3-2-8-23-11)14(21)18-16(9-12(19)20)4-6-22-7-5-16/h2-3,8H,4-7,9H2,1H3,(H,18,21)(H,19,20). The van der Waals surface area contributed by atoms with Gasteiger partial charge in [0.15, 0.2) is 0 Å². The minimum absolute atomic E-state index is 0.0995. The summed E-state index contributed by atoms with van der Waals surface area (Å²) < 4.78 is 5.32. The average Bonchev–Trinajstić information content (AvgIpc) is 3.16. The lowest BCUT2D eigenvalue weighted by Gasteiger charge is -2.36. The molecule has 0 spiro atoms. The molecule has 0 aromatic carbocycles. The largest absolute Gasteiger partial charge is 0.481 e. The molecule has 3 heterocycles. The van der Waals surface area contributed by atoms with Crippen LogP contribution in [-0.4, -0.2) is 40.7 Å². The first-order valence-electron chi connectivity index (χ1n) is 7.62. The van der Waals surface area contributed by atoms with Gasteiger partial charge in [0.05, 0.1) is 22.5 Å². The Balaban J connectivity index is 1.81. The van der Waals surface area contributed by atoms with Gasteiger partial charge >= 0.3 is 5.97 Å². The van der Waals surface area contributed by atoms with Crippen molar-refractivity contribution in [2.45, 2.75) is 31.7 Å². The van der Waals surface area contributed by atoms with Crippen molar-refractivity contribution in [1.29, 1.82) is 0 Å². The highest BCUT2D eigenvalue weighted by Gasteiger charge is 2.37. The molecule has 2 aromatic rings. The van der Waals surface area contributed by atoms with E-state index in [2.05, 4.69) is 10.3 Å². The van der Waals surface area contributed by atoms with Crippen LogP contribution in [0.3, 0.4) is 0 Å². The van der Waals surface area contributed by atoms with E-state index in [1.54, 1.807) is 18.3 Å². The molecule has 2 N–H and O–H groups in total. The number of hydrogen-bond donors (Lipinski definition) is 2. The van der Waals surface area contributed by atoms with E-state index in [-0.39, 0.29) is 12.3 Å². The van der Waals surface area contributed by atoms with E-state index in [0.29, 0.717) is 36.6 Å². The van der Waals surface area contributed by atoms with Gasteiger partial charge in [-0.1, -0.05) is 6.07 Å². The van der Waals surface area contributed by atoms with Crippen LogP contribution >= 0.6 is 22.7 Å². The number of carbonyl (C=O) groups is 2. The van der Waals surface area contributed by atoms with Crippen LogP contribution in [0, 0.1) is 6.92 Å². The van der Waals surface area contributed by atoms with E-state index >= 15 is 0 Å². The number of hydrogen-bond acceptors (Lipinski definition) is 6. The van der Waals surface area contributed by atoms with Gasteiger partial charge in [0.1, 0.15) is 9.88 Å². The quantitative estimate of drug-likeness (QED) is 0.849. The van der Waals surface area contributed by atoms with Crippen LogP contribution in [-0.2, 0) is 9.53 Å². The Morgan fingerprint density at radius 2 is 2.17 bits per heavy atom. The lowest BCUT2D eigenvalue weighted by atomic mass is 9.86. The summed E-state index contributed by atoms with van der Waals surface area (Å²) >= 11 is 2.92. The number of thiazole rings is 1. The SMILES string of the molecule is Cc1nc(-c2cccs2)sc1C(=O)NC1(CC(=O)O)CCOCC1. The minimum atomic E-state index is -0.919. The highest BCUT2D eigenvalue weighted by molar-refractivity contribution is 7.22. The number of aryl methyl sites for hydroxylation is 1. The summed E-state index contributed by atoms with van der Waals surface area (Å²) in [5.41, 5.74) is -0.0841. The highest BCUT2D eigenvalue weighted by Crippen LogP contribution is 2.32. The van der Waals surface area contributed by atoms with Crippen molar-refractivity contribution in [2.24, 2.45) is 0 Å². The molecule has 0 radical (unpaired) electrons. The number of aromatic nitrogens is 1. The molecule has 0 saturated carbocycles. The fraction of sp³-hybridized carbons (Fsp3) is 0.438. The molecule has 128 valence electrons. The highest BCUT2D eigenvalue weighted by atomic mass is 32.1. The van der Waals surface area contributed by atoms with Gasteiger partial charge in [-0.25, -0.2) is 4.98 Å². The summed E-state index contributed by atoms with van der Waals surface area (Å²) in [4.78, 5) is 30.0. The molecule has 24 heavy (non-hydrogen) atoms. The van der Waals surface area contributed by atoms with Gasteiger partial charge in [0.25, 0.3) is 5.91 Å². The predicted molar refractivity (Wildman–Crippen MR) is 92.7 cm³/mol. The topological polar surface area (TPSA) is 88.5 Å². The summed E-state index contributed by atoms with van der Waals surface area (Å²) in [6, 6.07) is 3.91. The monoisotopic (exact) mass is 366 g/mol. The van der Waals surface area contributed by atoms with Crippen molar-refractivity contribution < 1.29 is 19.4 Å². The van der Waals surface area contributed by atoms with Crippen molar-refractivity contribution >= 4 is 34.6 Å². The summed E-state index contributed by atoms with van der Waals surface area (Å²) in [5, 5.41) is 14.9. The van der Waals surface area contributed by atoms with Gasteiger partial charge in [-0.15, -0.1) is 22.7 Å². The molecule has 1 aliphatic heterocycles. The number of rotatable bonds is 5. The number of carboxylic acids is 1. The molecular weight excluding hydrogens is 348 g/mol. The Morgan fingerprint density at radius 3 is 2.79 bits per heavy atom. The van der Waals surface area contributed by atoms with Crippen LogP contribution in [0.15, 0.2) is 17.5 Å². The van der Waals surface area contributed by atoms with Crippen LogP contribution in [0.25, 0.3) is 9.88 Å². The van der Waals surface area contributed by atoms with E-state index in [9.17, 15) is 14.7 Å². The van der Waals surface area contributed by atoms with Crippen molar-refractivity contribution in [3.8, 4) is 9.88 Å². The predicted octanol–water partition coefficient (Wildman–Crippen LogP) is 2.93. The van der Waals surface area contributed by atoms with E-state index in [0.717, 1.165) is 9.88 Å². The molecule has 1 fully saturated rings. The molecular formula is C16H18N2O4S2. The zero-order valence-electron chi connectivity index (χ0n) is 13.2. The van der Waals surface area contributed by atoms with Crippen LogP contribution in [0.2, 0.25) is 0 Å². The zero-order chi connectivity index (χ0) is 17.2. The van der Waals surface area contributed by atoms with Crippen LogP contribution < -0.4 is 5.32 Å². The number of nitrogens with zero attached hydrogens (tertiary/aromatic N) is 1. The average molecular weight is 366 g/mol. The molecule has 1 aliphatic rings. The van der Waals surface area contributed by atoms with Gasteiger partial charge < -0.3 is 15.2 Å². The fourth-order valence-corrected chi connectivity index (χ4v) is 4.57. The Morgan fingerprint density at radius 1 is 1.42 bits per heavy atom. The maximum Gasteiger partial charge on any atom is 0.305 e. The van der Waals surface area contributed by atoms with E-state index in [1.165, 1.54) is 11.3 Å². The maximum absolute atomic E-state index is 12.7. The lowest BCUT2D eigenvalue weighted by Crippen LogP contribution is -2.53. The smallest absolute Gasteiger partial charge is 0.305 e. The Kier molecular flexibility index (Phi) is 4.98. The van der Waals surface area contributed by atoms with Crippen LogP contribution in [0.1, 0.15) is 34.6 Å². The normalized spacial score (nSPS) is 16.7. The van der Waals surface area contributed by atoms with Crippen LogP contribution in [0.4, 0.5) is 0 Å². The number of carboxylic acid groups (broad SMARTS) is 1. The minimum Gasteiger partial charge on any atom is -0.481 e. The molecule has 2 aromatic heterocycles. The molecule has 0 unspecified atom stereocenters. The van der Waals surface area contributed by atoms with E-state index in [1.807, 2.05) is 17.5 Å². The molecule has 3 rings (SSSR count). The van der Waals surface area contributed by atoms with Crippen molar-refractivity contribution in [2.75, 3.05) is 13.2 Å². The van der Waals surface area contributed by atoms with Crippen molar-refractivity contribution in [3.63, 3.8) is 0 Å². The first-order valence-corrected chi connectivity index (χ1v) is 9.32. The number of thiophene rings is 1. The number of nitrogens with one attached hydrogen (secondary N) is 1. The second kappa shape index (κ2) is 7.00. The summed E-state index contributed by atoms with van der Waals surface area (Å²) in [6.07, 6.45) is 0.902. The molecule has 1 amide bonds. The summed E-state index contributed by atoms with van der Waals surface area (Å²) in [6.45, 7) is 2.71. The lowest BCUT2D eigenvalue weighted by molar-refractivity contribution is -0.139. The van der Waals surface area contributed by atoms with Gasteiger partial charge in [-0.3, -0.25) is 9.59 Å². The Labute approximate surface area is 147 Å². The van der Waals surface area contributed by atoms with Gasteiger partial charge in [0.2, 0.25) is 0 Å². The Hall–Kier alpha value is -1.77. The third-order valence-corrected chi connectivity index (χ3v) is 6.25. The first-order chi connectivity index (χ1) is 11.5. The second-order valence-corrected chi connectivity index (χ2v) is 7.77. The number of amides is 1. The summed E-state index contributed by atoms with van der Waals surface area (Å²) in [5.74, 6) is -1.17. The fourth-order valence-electron chi connectivity index (χ4n) is 2.81. The number of carbonyl (C=O) groups excluding carboxylic acids is 1. The van der Waals surface area contributed by atoms with Crippen molar-refractivity contribution in [1.82, 2.24) is 10.3 Å². The molecule has 0 aliphatic carbocycles. The Bertz CT molecular complexity index is 733. The van der Waals surface area contributed by atoms with Gasteiger partial charge in [-0.05, 0) is 31.2 Å². The van der Waals surface area contributed by atoms with E-state index < -0.39 is 11.5 Å². The van der Waals surface area contributed by atoms with Gasteiger partial charge in [-0.2, -0.15) is 0 Å². The third kappa shape index (κ3) is 3.66. The molecule has 0 bridgehead atoms. The van der Waals surface area contributed by atoms with E-state index in [4.69, 9.17) is 4.74 Å². The second-order valence-electron chi connectivity index (χ2n) is 5.83. The number of aliphatic carboxylic acids is 1. The molecule has 1 saturated heterocycles. The zero-order valence-corrected chi connectivity index (χ0v) is 14.8. The molecule has 0 atom stereocenters.